The Morgan fingerprint density at radius 1 is 1.25 bits per heavy atom. The molecule has 1 nitrogen and oxygen atoms in total. The zero-order chi connectivity index (χ0) is 11.8. The van der Waals surface area contributed by atoms with Crippen LogP contribution in [0.15, 0.2) is 29.2 Å². The SMILES string of the molecule is CCCSc1ccccc1CNCC(C)C. The van der Waals surface area contributed by atoms with Crippen molar-refractivity contribution in [3.63, 3.8) is 0 Å². The molecule has 16 heavy (non-hydrogen) atoms. The fourth-order valence-corrected chi connectivity index (χ4v) is 2.42. The van der Waals surface area contributed by atoms with E-state index in [4.69, 9.17) is 0 Å². The number of hydrogen-bond donors (Lipinski definition) is 1. The second-order valence-corrected chi connectivity index (χ2v) is 5.62. The summed E-state index contributed by atoms with van der Waals surface area (Å²) < 4.78 is 0. The molecule has 1 N–H and O–H groups in total. The molecule has 0 aliphatic carbocycles. The number of hydrogen-bond acceptors (Lipinski definition) is 2. The molecule has 1 rings (SSSR count). The van der Waals surface area contributed by atoms with Gasteiger partial charge in [-0.15, -0.1) is 11.8 Å². The van der Waals surface area contributed by atoms with Gasteiger partial charge in [-0.1, -0.05) is 39.0 Å². The van der Waals surface area contributed by atoms with Gasteiger partial charge in [-0.25, -0.2) is 0 Å². The Morgan fingerprint density at radius 2 is 2.00 bits per heavy atom. The van der Waals surface area contributed by atoms with Gasteiger partial charge in [0.05, 0.1) is 0 Å². The van der Waals surface area contributed by atoms with Crippen molar-refractivity contribution in [2.45, 2.75) is 38.6 Å². The Hall–Kier alpha value is -0.470. The number of nitrogens with one attached hydrogen (secondary N) is 1. The summed E-state index contributed by atoms with van der Waals surface area (Å²) in [4.78, 5) is 1.43. The van der Waals surface area contributed by atoms with Gasteiger partial charge < -0.3 is 5.32 Å². The van der Waals surface area contributed by atoms with Gasteiger partial charge in [-0.2, -0.15) is 0 Å². The third kappa shape index (κ3) is 5.04. The van der Waals surface area contributed by atoms with Crippen molar-refractivity contribution < 1.29 is 0 Å². The minimum absolute atomic E-state index is 0.718. The van der Waals surface area contributed by atoms with Gasteiger partial charge in [-0.05, 0) is 36.3 Å². The van der Waals surface area contributed by atoms with Gasteiger partial charge >= 0.3 is 0 Å². The lowest BCUT2D eigenvalue weighted by Gasteiger charge is -2.11. The van der Waals surface area contributed by atoms with Crippen molar-refractivity contribution in [2.75, 3.05) is 12.3 Å². The molecule has 0 fully saturated rings. The summed E-state index contributed by atoms with van der Waals surface area (Å²) in [6, 6.07) is 8.71. The number of rotatable bonds is 7. The number of benzene rings is 1. The quantitative estimate of drug-likeness (QED) is 0.721. The van der Waals surface area contributed by atoms with Crippen LogP contribution in [0, 0.1) is 5.92 Å². The molecule has 90 valence electrons. The summed E-state index contributed by atoms with van der Waals surface area (Å²) in [6.07, 6.45) is 1.23. The van der Waals surface area contributed by atoms with Crippen LogP contribution in [0.1, 0.15) is 32.8 Å². The van der Waals surface area contributed by atoms with Gasteiger partial charge in [-0.3, -0.25) is 0 Å². The van der Waals surface area contributed by atoms with Gasteiger partial charge in [0, 0.05) is 11.4 Å². The van der Waals surface area contributed by atoms with Crippen LogP contribution in [-0.4, -0.2) is 12.3 Å². The lowest BCUT2D eigenvalue weighted by atomic mass is 10.2. The minimum Gasteiger partial charge on any atom is -0.312 e. The second kappa shape index (κ2) is 7.75. The maximum atomic E-state index is 3.50. The van der Waals surface area contributed by atoms with E-state index in [9.17, 15) is 0 Å². The van der Waals surface area contributed by atoms with Gasteiger partial charge in [0.15, 0.2) is 0 Å². The molecule has 0 amide bonds. The van der Waals surface area contributed by atoms with Crippen molar-refractivity contribution in [3.05, 3.63) is 29.8 Å². The summed E-state index contributed by atoms with van der Waals surface area (Å²) >= 11 is 1.97. The molecule has 0 saturated carbocycles. The first-order valence-electron chi connectivity index (χ1n) is 6.15. The van der Waals surface area contributed by atoms with Crippen LogP contribution in [-0.2, 0) is 6.54 Å². The third-order valence-corrected chi connectivity index (χ3v) is 3.62. The van der Waals surface area contributed by atoms with Crippen molar-refractivity contribution >= 4 is 11.8 Å². The minimum atomic E-state index is 0.718. The molecule has 0 saturated heterocycles. The van der Waals surface area contributed by atoms with Crippen molar-refractivity contribution in [1.82, 2.24) is 5.32 Å². The predicted molar refractivity (Wildman–Crippen MR) is 74.0 cm³/mol. The van der Waals surface area contributed by atoms with Gasteiger partial charge in [0.1, 0.15) is 0 Å². The molecule has 0 bridgehead atoms. The molecule has 0 aromatic heterocycles. The average Bonchev–Trinajstić information content (AvgIpc) is 2.27. The van der Waals surface area contributed by atoms with Crippen LogP contribution in [0.5, 0.6) is 0 Å². The molecule has 0 spiro atoms. The van der Waals surface area contributed by atoms with Crippen LogP contribution in [0.3, 0.4) is 0 Å². The zero-order valence-electron chi connectivity index (χ0n) is 10.6. The molecule has 1 aromatic rings. The Bertz CT molecular complexity index is 297. The molecular formula is C14H23NS. The highest BCUT2D eigenvalue weighted by molar-refractivity contribution is 7.99. The molecule has 0 radical (unpaired) electrons. The molecule has 0 unspecified atom stereocenters. The van der Waals surface area contributed by atoms with Crippen LogP contribution in [0.25, 0.3) is 0 Å². The normalized spacial score (nSPS) is 11.0. The summed E-state index contributed by atoms with van der Waals surface area (Å²) in [5.41, 5.74) is 1.43. The Morgan fingerprint density at radius 3 is 2.69 bits per heavy atom. The van der Waals surface area contributed by atoms with E-state index in [1.54, 1.807) is 0 Å². The van der Waals surface area contributed by atoms with E-state index in [2.05, 4.69) is 50.4 Å². The average molecular weight is 237 g/mol. The highest BCUT2D eigenvalue weighted by Crippen LogP contribution is 2.23. The van der Waals surface area contributed by atoms with Gasteiger partial charge in [0.25, 0.3) is 0 Å². The van der Waals surface area contributed by atoms with Crippen LogP contribution in [0.4, 0.5) is 0 Å². The first-order chi connectivity index (χ1) is 7.74. The van der Waals surface area contributed by atoms with Crippen LogP contribution >= 0.6 is 11.8 Å². The smallest absolute Gasteiger partial charge is 0.0216 e. The maximum Gasteiger partial charge on any atom is 0.0216 e. The molecule has 0 aliphatic heterocycles. The summed E-state index contributed by atoms with van der Waals surface area (Å²) in [5, 5.41) is 3.50. The van der Waals surface area contributed by atoms with Crippen molar-refractivity contribution in [1.29, 1.82) is 0 Å². The highest BCUT2D eigenvalue weighted by atomic mass is 32.2. The molecule has 0 heterocycles. The maximum absolute atomic E-state index is 3.50. The fraction of sp³-hybridized carbons (Fsp3) is 0.571. The Kier molecular flexibility index (Phi) is 6.58. The van der Waals surface area contributed by atoms with Gasteiger partial charge in [0.2, 0.25) is 0 Å². The second-order valence-electron chi connectivity index (χ2n) is 4.48. The van der Waals surface area contributed by atoms with E-state index in [-0.39, 0.29) is 0 Å². The first kappa shape index (κ1) is 13.6. The van der Waals surface area contributed by atoms with E-state index in [1.165, 1.54) is 22.6 Å². The third-order valence-electron chi connectivity index (χ3n) is 2.30. The van der Waals surface area contributed by atoms with E-state index >= 15 is 0 Å². The fourth-order valence-electron chi connectivity index (χ4n) is 1.50. The Labute approximate surface area is 104 Å². The summed E-state index contributed by atoms with van der Waals surface area (Å²) in [7, 11) is 0. The topological polar surface area (TPSA) is 12.0 Å². The van der Waals surface area contributed by atoms with E-state index in [0.717, 1.165) is 19.0 Å². The monoisotopic (exact) mass is 237 g/mol. The van der Waals surface area contributed by atoms with Crippen LogP contribution in [0.2, 0.25) is 0 Å². The number of thioether (sulfide) groups is 1. The predicted octanol–water partition coefficient (Wildman–Crippen LogP) is 3.93. The lowest BCUT2D eigenvalue weighted by Crippen LogP contribution is -2.19. The lowest BCUT2D eigenvalue weighted by molar-refractivity contribution is 0.550. The van der Waals surface area contributed by atoms with E-state index in [1.807, 2.05) is 11.8 Å². The largest absolute Gasteiger partial charge is 0.312 e. The van der Waals surface area contributed by atoms with Crippen molar-refractivity contribution in [2.24, 2.45) is 5.92 Å². The highest BCUT2D eigenvalue weighted by Gasteiger charge is 2.01. The molecule has 1 aromatic carbocycles. The van der Waals surface area contributed by atoms with E-state index in [0.29, 0.717) is 0 Å². The van der Waals surface area contributed by atoms with Crippen molar-refractivity contribution in [3.8, 4) is 0 Å². The summed E-state index contributed by atoms with van der Waals surface area (Å²) in [5.74, 6) is 1.93. The molecule has 0 atom stereocenters. The molecule has 2 heteroatoms. The molecular weight excluding hydrogens is 214 g/mol. The van der Waals surface area contributed by atoms with E-state index < -0.39 is 0 Å². The zero-order valence-corrected chi connectivity index (χ0v) is 11.4. The Balaban J connectivity index is 2.49. The summed E-state index contributed by atoms with van der Waals surface area (Å²) in [6.45, 7) is 8.79. The van der Waals surface area contributed by atoms with Crippen LogP contribution < -0.4 is 5.32 Å². The first-order valence-corrected chi connectivity index (χ1v) is 7.14. The standard InChI is InChI=1S/C14H23NS/c1-4-9-16-14-8-6-5-7-13(14)11-15-10-12(2)3/h5-8,12,15H,4,9-11H2,1-3H3. The molecule has 0 aliphatic rings.